The zero-order valence-electron chi connectivity index (χ0n) is 14.4. The highest BCUT2D eigenvalue weighted by atomic mass is 16.5. The van der Waals surface area contributed by atoms with Gasteiger partial charge in [0.15, 0.2) is 5.82 Å². The van der Waals surface area contributed by atoms with Crippen LogP contribution in [0.3, 0.4) is 0 Å². The fourth-order valence-corrected chi connectivity index (χ4v) is 2.75. The van der Waals surface area contributed by atoms with Crippen LogP contribution < -0.4 is 4.74 Å². The number of rotatable bonds is 5. The third-order valence-corrected chi connectivity index (χ3v) is 3.96. The van der Waals surface area contributed by atoms with Gasteiger partial charge in [-0.2, -0.15) is 0 Å². The van der Waals surface area contributed by atoms with Crippen LogP contribution in [0.2, 0.25) is 0 Å². The average molecular weight is 342 g/mol. The summed E-state index contributed by atoms with van der Waals surface area (Å²) < 4.78 is 7.47. The second-order valence-electron chi connectivity index (χ2n) is 5.71. The van der Waals surface area contributed by atoms with E-state index in [0.717, 1.165) is 28.3 Å². The van der Waals surface area contributed by atoms with Crippen molar-refractivity contribution >= 4 is 17.2 Å². The highest BCUT2D eigenvalue weighted by molar-refractivity contribution is 5.74. The van der Waals surface area contributed by atoms with E-state index in [1.54, 1.807) is 0 Å². The molecule has 4 aromatic rings. The van der Waals surface area contributed by atoms with E-state index in [1.165, 1.54) is 0 Å². The van der Waals surface area contributed by atoms with Crippen LogP contribution in [0.4, 0.5) is 11.5 Å². The zero-order valence-corrected chi connectivity index (χ0v) is 14.4. The Morgan fingerprint density at radius 2 is 1.65 bits per heavy atom. The number of benzene rings is 2. The van der Waals surface area contributed by atoms with Crippen LogP contribution in [0.25, 0.3) is 16.9 Å². The predicted octanol–water partition coefficient (Wildman–Crippen LogP) is 5.82. The van der Waals surface area contributed by atoms with Crippen molar-refractivity contribution in [1.82, 2.24) is 9.38 Å². The molecule has 0 aliphatic carbocycles. The van der Waals surface area contributed by atoms with Crippen molar-refractivity contribution in [3.63, 3.8) is 0 Å². The van der Waals surface area contributed by atoms with Crippen molar-refractivity contribution in [1.29, 1.82) is 0 Å². The molecule has 0 spiro atoms. The Morgan fingerprint density at radius 1 is 0.885 bits per heavy atom. The van der Waals surface area contributed by atoms with Gasteiger partial charge in [-0.15, -0.1) is 10.2 Å². The maximum atomic E-state index is 5.52. The third-order valence-electron chi connectivity index (χ3n) is 3.96. The van der Waals surface area contributed by atoms with Gasteiger partial charge in [-0.05, 0) is 55.5 Å². The molecule has 0 aliphatic rings. The fourth-order valence-electron chi connectivity index (χ4n) is 2.75. The Kier molecular flexibility index (Phi) is 4.43. The van der Waals surface area contributed by atoms with Gasteiger partial charge in [0.25, 0.3) is 0 Å². The standard InChI is InChI=1S/C21H18N4O/c1-2-26-18-13-11-16(12-14-18)20-21(24-23-17-8-4-3-5-9-17)25-15-7-6-10-19(25)22-20/h3-15H,2H2,1H3. The minimum Gasteiger partial charge on any atom is -0.494 e. The molecule has 0 amide bonds. The summed E-state index contributed by atoms with van der Waals surface area (Å²) in [4.78, 5) is 4.74. The molecule has 5 heteroatoms. The van der Waals surface area contributed by atoms with Crippen molar-refractivity contribution in [2.24, 2.45) is 10.2 Å². The zero-order chi connectivity index (χ0) is 17.8. The number of hydrogen-bond acceptors (Lipinski definition) is 4. The second-order valence-corrected chi connectivity index (χ2v) is 5.71. The molecule has 0 saturated carbocycles. The Morgan fingerprint density at radius 3 is 2.42 bits per heavy atom. The van der Waals surface area contributed by atoms with Crippen molar-refractivity contribution < 1.29 is 4.74 Å². The number of imidazole rings is 1. The van der Waals surface area contributed by atoms with E-state index in [-0.39, 0.29) is 0 Å². The van der Waals surface area contributed by atoms with Crippen molar-refractivity contribution in [2.75, 3.05) is 6.61 Å². The lowest BCUT2D eigenvalue weighted by atomic mass is 10.1. The average Bonchev–Trinajstić information content (AvgIpc) is 3.07. The smallest absolute Gasteiger partial charge is 0.187 e. The predicted molar refractivity (Wildman–Crippen MR) is 102 cm³/mol. The number of pyridine rings is 1. The minimum absolute atomic E-state index is 0.643. The van der Waals surface area contributed by atoms with E-state index in [2.05, 4.69) is 10.2 Å². The monoisotopic (exact) mass is 342 g/mol. The van der Waals surface area contributed by atoms with Crippen LogP contribution in [0, 0.1) is 0 Å². The molecule has 0 radical (unpaired) electrons. The van der Waals surface area contributed by atoms with Gasteiger partial charge < -0.3 is 4.74 Å². The molecular formula is C21H18N4O. The van der Waals surface area contributed by atoms with Crippen LogP contribution in [-0.4, -0.2) is 16.0 Å². The molecule has 0 atom stereocenters. The number of ether oxygens (including phenoxy) is 1. The SMILES string of the molecule is CCOc1ccc(-c2nc3ccccn3c2N=Nc2ccccc2)cc1. The minimum atomic E-state index is 0.643. The normalized spacial score (nSPS) is 11.3. The maximum Gasteiger partial charge on any atom is 0.187 e. The molecule has 0 saturated heterocycles. The molecule has 0 fully saturated rings. The van der Waals surface area contributed by atoms with Crippen LogP contribution in [0.5, 0.6) is 5.75 Å². The Hall–Kier alpha value is -3.47. The molecule has 2 aromatic heterocycles. The molecule has 4 rings (SSSR count). The molecule has 26 heavy (non-hydrogen) atoms. The molecule has 0 N–H and O–H groups in total. The van der Waals surface area contributed by atoms with Crippen molar-refractivity contribution in [2.45, 2.75) is 6.92 Å². The Bertz CT molecular complexity index is 1040. The summed E-state index contributed by atoms with van der Waals surface area (Å²) in [5.41, 5.74) is 3.40. The van der Waals surface area contributed by atoms with Crippen LogP contribution in [0.15, 0.2) is 89.2 Å². The Balaban J connectivity index is 1.80. The van der Waals surface area contributed by atoms with Gasteiger partial charge >= 0.3 is 0 Å². The number of nitrogens with zero attached hydrogens (tertiary/aromatic N) is 4. The van der Waals surface area contributed by atoms with E-state index in [1.807, 2.05) is 90.3 Å². The lowest BCUT2D eigenvalue weighted by Crippen LogP contribution is -1.90. The van der Waals surface area contributed by atoms with Crippen molar-refractivity contribution in [3.05, 3.63) is 79.0 Å². The van der Waals surface area contributed by atoms with Gasteiger partial charge in [-0.1, -0.05) is 24.3 Å². The number of fused-ring (bicyclic) bond motifs is 1. The van der Waals surface area contributed by atoms with Crippen LogP contribution in [0.1, 0.15) is 6.92 Å². The maximum absolute atomic E-state index is 5.52. The van der Waals surface area contributed by atoms with Crippen LogP contribution >= 0.6 is 0 Å². The fraction of sp³-hybridized carbons (Fsp3) is 0.0952. The first-order chi connectivity index (χ1) is 12.8. The third kappa shape index (κ3) is 3.19. The van der Waals surface area contributed by atoms with Gasteiger partial charge in [0, 0.05) is 11.8 Å². The Labute approximate surface area is 151 Å². The molecule has 0 bridgehead atoms. The summed E-state index contributed by atoms with van der Waals surface area (Å²) >= 11 is 0. The summed E-state index contributed by atoms with van der Waals surface area (Å²) in [5.74, 6) is 1.54. The van der Waals surface area contributed by atoms with Crippen LogP contribution in [-0.2, 0) is 0 Å². The molecule has 128 valence electrons. The summed E-state index contributed by atoms with van der Waals surface area (Å²) in [7, 11) is 0. The first-order valence-corrected chi connectivity index (χ1v) is 8.52. The summed E-state index contributed by atoms with van der Waals surface area (Å²) in [6, 6.07) is 23.4. The van der Waals surface area contributed by atoms with E-state index < -0.39 is 0 Å². The molecule has 2 heterocycles. The summed E-state index contributed by atoms with van der Waals surface area (Å²) in [5, 5.41) is 8.87. The van der Waals surface area contributed by atoms with E-state index in [0.29, 0.717) is 12.4 Å². The number of aromatic nitrogens is 2. The van der Waals surface area contributed by atoms with Crippen molar-refractivity contribution in [3.8, 4) is 17.0 Å². The van der Waals surface area contributed by atoms with E-state index in [9.17, 15) is 0 Å². The van der Waals surface area contributed by atoms with Gasteiger partial charge in [-0.3, -0.25) is 4.40 Å². The topological polar surface area (TPSA) is 51.2 Å². The largest absolute Gasteiger partial charge is 0.494 e. The lowest BCUT2D eigenvalue weighted by Gasteiger charge is -2.04. The number of azo groups is 1. The van der Waals surface area contributed by atoms with E-state index in [4.69, 9.17) is 9.72 Å². The second kappa shape index (κ2) is 7.19. The molecular weight excluding hydrogens is 324 g/mol. The lowest BCUT2D eigenvalue weighted by molar-refractivity contribution is 0.340. The first kappa shape index (κ1) is 16.0. The quantitative estimate of drug-likeness (QED) is 0.429. The van der Waals surface area contributed by atoms with E-state index >= 15 is 0 Å². The van der Waals surface area contributed by atoms with Gasteiger partial charge in [-0.25, -0.2) is 4.98 Å². The van der Waals surface area contributed by atoms with Gasteiger partial charge in [0.05, 0.1) is 12.3 Å². The first-order valence-electron chi connectivity index (χ1n) is 8.52. The molecule has 5 nitrogen and oxygen atoms in total. The highest BCUT2D eigenvalue weighted by Crippen LogP contribution is 2.33. The van der Waals surface area contributed by atoms with Gasteiger partial charge in [0.1, 0.15) is 17.1 Å². The molecule has 0 aliphatic heterocycles. The van der Waals surface area contributed by atoms with Gasteiger partial charge in [0.2, 0.25) is 0 Å². The summed E-state index contributed by atoms with van der Waals surface area (Å²) in [6.07, 6.45) is 1.94. The highest BCUT2D eigenvalue weighted by Gasteiger charge is 2.13. The number of hydrogen-bond donors (Lipinski definition) is 0. The molecule has 2 aromatic carbocycles. The molecule has 0 unspecified atom stereocenters. The summed E-state index contributed by atoms with van der Waals surface area (Å²) in [6.45, 7) is 2.61.